The molecule has 0 aliphatic carbocycles. The van der Waals surface area contributed by atoms with E-state index in [4.69, 9.17) is 11.5 Å². The van der Waals surface area contributed by atoms with Gasteiger partial charge in [-0.15, -0.1) is 0 Å². The van der Waals surface area contributed by atoms with E-state index in [0.717, 1.165) is 22.3 Å². The van der Waals surface area contributed by atoms with E-state index < -0.39 is 0 Å². The fourth-order valence-electron chi connectivity index (χ4n) is 1.83. The van der Waals surface area contributed by atoms with E-state index in [2.05, 4.69) is 19.9 Å². The van der Waals surface area contributed by atoms with Gasteiger partial charge in [0.05, 0.1) is 0 Å². The summed E-state index contributed by atoms with van der Waals surface area (Å²) in [6.45, 7) is 0. The molecule has 0 aliphatic rings. The number of nitrogen functional groups attached to an aromatic ring is 2. The van der Waals surface area contributed by atoms with Crippen molar-refractivity contribution in [3.05, 3.63) is 49.1 Å². The second-order valence-electron chi connectivity index (χ2n) is 4.24. The lowest BCUT2D eigenvalue weighted by Gasteiger charge is -2.04. The summed E-state index contributed by atoms with van der Waals surface area (Å²) in [5.41, 5.74) is 14.8. The van der Waals surface area contributed by atoms with Crippen molar-refractivity contribution < 1.29 is 0 Å². The lowest BCUT2D eigenvalue weighted by Crippen LogP contribution is -1.94. The molecular formula is C14H12N6. The summed E-state index contributed by atoms with van der Waals surface area (Å²) in [6.07, 6.45) is 6.79. The molecule has 20 heavy (non-hydrogen) atoms. The Hall–Kier alpha value is -3.02. The van der Waals surface area contributed by atoms with Crippen molar-refractivity contribution in [3.8, 4) is 22.3 Å². The van der Waals surface area contributed by atoms with Crippen LogP contribution in [0.1, 0.15) is 0 Å². The van der Waals surface area contributed by atoms with Crippen LogP contribution < -0.4 is 11.5 Å². The van der Waals surface area contributed by atoms with Crippen LogP contribution in [0, 0.1) is 0 Å². The number of aromatic nitrogens is 4. The SMILES string of the molecule is Nc1ncc(-c2ccc(-c3cnc(N)nc3)cc2)cn1. The van der Waals surface area contributed by atoms with Crippen LogP contribution in [0.15, 0.2) is 49.1 Å². The molecule has 98 valence electrons. The van der Waals surface area contributed by atoms with E-state index in [0.29, 0.717) is 0 Å². The highest BCUT2D eigenvalue weighted by Crippen LogP contribution is 2.23. The fourth-order valence-corrected chi connectivity index (χ4v) is 1.83. The first-order valence-electron chi connectivity index (χ1n) is 5.98. The summed E-state index contributed by atoms with van der Waals surface area (Å²) in [7, 11) is 0. The molecule has 3 rings (SSSR count). The Morgan fingerprint density at radius 1 is 0.500 bits per heavy atom. The van der Waals surface area contributed by atoms with E-state index in [1.54, 1.807) is 24.8 Å². The van der Waals surface area contributed by atoms with Crippen LogP contribution in [0.25, 0.3) is 22.3 Å². The lowest BCUT2D eigenvalue weighted by molar-refractivity contribution is 1.18. The van der Waals surface area contributed by atoms with Crippen LogP contribution in [-0.4, -0.2) is 19.9 Å². The van der Waals surface area contributed by atoms with Crippen molar-refractivity contribution in [2.75, 3.05) is 11.5 Å². The minimum Gasteiger partial charge on any atom is -0.368 e. The van der Waals surface area contributed by atoms with Gasteiger partial charge < -0.3 is 11.5 Å². The Labute approximate surface area is 115 Å². The Bertz CT molecular complexity index is 640. The van der Waals surface area contributed by atoms with Gasteiger partial charge >= 0.3 is 0 Å². The Morgan fingerprint density at radius 2 is 0.800 bits per heavy atom. The number of hydrogen-bond donors (Lipinski definition) is 2. The van der Waals surface area contributed by atoms with Crippen molar-refractivity contribution in [3.63, 3.8) is 0 Å². The van der Waals surface area contributed by atoms with Crippen LogP contribution in [0.2, 0.25) is 0 Å². The van der Waals surface area contributed by atoms with Crippen LogP contribution in [0.3, 0.4) is 0 Å². The second-order valence-corrected chi connectivity index (χ2v) is 4.24. The fraction of sp³-hybridized carbons (Fsp3) is 0. The van der Waals surface area contributed by atoms with E-state index in [-0.39, 0.29) is 11.9 Å². The van der Waals surface area contributed by atoms with E-state index in [9.17, 15) is 0 Å². The standard InChI is InChI=1S/C14H12N6/c15-13-17-5-11(6-18-13)9-1-2-10(4-3-9)12-7-19-14(16)20-8-12/h1-8H,(H2,15,17,18)(H2,16,19,20). The zero-order valence-electron chi connectivity index (χ0n) is 10.6. The van der Waals surface area contributed by atoms with Crippen LogP contribution in [0.4, 0.5) is 11.9 Å². The number of anilines is 2. The maximum Gasteiger partial charge on any atom is 0.219 e. The summed E-state index contributed by atoms with van der Waals surface area (Å²) in [5, 5.41) is 0. The molecule has 0 bridgehead atoms. The maximum atomic E-state index is 5.47. The molecule has 1 aromatic carbocycles. The van der Waals surface area contributed by atoms with E-state index >= 15 is 0 Å². The Morgan fingerprint density at radius 3 is 1.10 bits per heavy atom. The van der Waals surface area contributed by atoms with Gasteiger partial charge in [-0.05, 0) is 11.1 Å². The number of rotatable bonds is 2. The minimum absolute atomic E-state index is 0.268. The van der Waals surface area contributed by atoms with Crippen LogP contribution in [0.5, 0.6) is 0 Å². The van der Waals surface area contributed by atoms with Gasteiger partial charge in [-0.25, -0.2) is 19.9 Å². The smallest absolute Gasteiger partial charge is 0.219 e. The number of hydrogen-bond acceptors (Lipinski definition) is 6. The van der Waals surface area contributed by atoms with Crippen molar-refractivity contribution in [1.82, 2.24) is 19.9 Å². The van der Waals surface area contributed by atoms with Gasteiger partial charge in [0.2, 0.25) is 11.9 Å². The highest BCUT2D eigenvalue weighted by Gasteiger charge is 2.02. The van der Waals surface area contributed by atoms with E-state index in [1.165, 1.54) is 0 Å². The molecule has 0 spiro atoms. The molecule has 0 saturated carbocycles. The van der Waals surface area contributed by atoms with Gasteiger partial charge in [0.1, 0.15) is 0 Å². The molecule has 0 atom stereocenters. The molecule has 4 N–H and O–H groups in total. The van der Waals surface area contributed by atoms with E-state index in [1.807, 2.05) is 24.3 Å². The van der Waals surface area contributed by atoms with Gasteiger partial charge in [0.25, 0.3) is 0 Å². The summed E-state index contributed by atoms with van der Waals surface area (Å²) >= 11 is 0. The Kier molecular flexibility index (Phi) is 2.96. The zero-order valence-corrected chi connectivity index (χ0v) is 10.6. The molecule has 3 aromatic rings. The van der Waals surface area contributed by atoms with Crippen molar-refractivity contribution in [2.45, 2.75) is 0 Å². The summed E-state index contributed by atoms with van der Waals surface area (Å²) in [6, 6.07) is 7.95. The average molecular weight is 264 g/mol. The van der Waals surface area contributed by atoms with Crippen molar-refractivity contribution >= 4 is 11.9 Å². The first-order chi connectivity index (χ1) is 9.72. The van der Waals surface area contributed by atoms with Crippen molar-refractivity contribution in [2.24, 2.45) is 0 Å². The van der Waals surface area contributed by atoms with Gasteiger partial charge in [0.15, 0.2) is 0 Å². The molecule has 6 heteroatoms. The monoisotopic (exact) mass is 264 g/mol. The van der Waals surface area contributed by atoms with Gasteiger partial charge in [-0.3, -0.25) is 0 Å². The zero-order chi connectivity index (χ0) is 13.9. The first-order valence-corrected chi connectivity index (χ1v) is 5.98. The Balaban J connectivity index is 1.91. The lowest BCUT2D eigenvalue weighted by atomic mass is 10.0. The largest absolute Gasteiger partial charge is 0.368 e. The molecule has 6 nitrogen and oxygen atoms in total. The summed E-state index contributed by atoms with van der Waals surface area (Å²) in [4.78, 5) is 15.9. The third kappa shape index (κ3) is 2.39. The molecular weight excluding hydrogens is 252 g/mol. The molecule has 0 saturated heterocycles. The third-order valence-electron chi connectivity index (χ3n) is 2.90. The molecule has 0 amide bonds. The average Bonchev–Trinajstić information content (AvgIpc) is 2.49. The van der Waals surface area contributed by atoms with Crippen LogP contribution >= 0.6 is 0 Å². The number of nitrogens with two attached hydrogens (primary N) is 2. The second kappa shape index (κ2) is 4.93. The third-order valence-corrected chi connectivity index (χ3v) is 2.90. The van der Waals surface area contributed by atoms with Crippen molar-refractivity contribution in [1.29, 1.82) is 0 Å². The van der Waals surface area contributed by atoms with Crippen LogP contribution in [-0.2, 0) is 0 Å². The molecule has 0 radical (unpaired) electrons. The molecule has 0 aliphatic heterocycles. The molecule has 0 unspecified atom stereocenters. The summed E-state index contributed by atoms with van der Waals surface area (Å²) < 4.78 is 0. The predicted molar refractivity (Wildman–Crippen MR) is 77.3 cm³/mol. The quantitative estimate of drug-likeness (QED) is 0.731. The number of nitrogens with zero attached hydrogens (tertiary/aromatic N) is 4. The molecule has 0 fully saturated rings. The minimum atomic E-state index is 0.268. The maximum absolute atomic E-state index is 5.47. The predicted octanol–water partition coefficient (Wildman–Crippen LogP) is 1.76. The topological polar surface area (TPSA) is 104 Å². The first kappa shape index (κ1) is 12.0. The molecule has 2 heterocycles. The molecule has 2 aromatic heterocycles. The van der Waals surface area contributed by atoms with Gasteiger partial charge in [-0.1, -0.05) is 24.3 Å². The van der Waals surface area contributed by atoms with Gasteiger partial charge in [0, 0.05) is 35.9 Å². The number of benzene rings is 1. The highest BCUT2D eigenvalue weighted by molar-refractivity contribution is 5.69. The van der Waals surface area contributed by atoms with Gasteiger partial charge in [-0.2, -0.15) is 0 Å². The highest BCUT2D eigenvalue weighted by atomic mass is 15.0. The summed E-state index contributed by atoms with van der Waals surface area (Å²) in [5.74, 6) is 0.536. The normalized spacial score (nSPS) is 10.4.